The van der Waals surface area contributed by atoms with E-state index in [1.165, 1.54) is 42.4 Å². The number of para-hydroxylation sites is 1. The van der Waals surface area contributed by atoms with E-state index in [4.69, 9.17) is 8.83 Å². The second-order valence-corrected chi connectivity index (χ2v) is 16.3. The number of hydrogen-bond donors (Lipinski definition) is 0. The van der Waals surface area contributed by atoms with Crippen molar-refractivity contribution in [2.24, 2.45) is 0 Å². The summed E-state index contributed by atoms with van der Waals surface area (Å²) in [4.78, 5) is 2.47. The molecule has 8 aromatic carbocycles. The fraction of sp³-hybridized carbons (Fsp3) is 0.0588. The average Bonchev–Trinajstić information content (AvgIpc) is 3.96. The first kappa shape index (κ1) is 30.8. The van der Waals surface area contributed by atoms with Crippen LogP contribution >= 0.6 is 11.3 Å². The maximum atomic E-state index is 7.05. The van der Waals surface area contributed by atoms with Gasteiger partial charge in [0.05, 0.1) is 21.5 Å². The van der Waals surface area contributed by atoms with Crippen molar-refractivity contribution in [1.82, 2.24) is 0 Å². The normalized spacial score (nSPS) is 13.4. The van der Waals surface area contributed by atoms with Crippen LogP contribution in [0.25, 0.3) is 86.3 Å². The highest BCUT2D eigenvalue weighted by molar-refractivity contribution is 7.26. The van der Waals surface area contributed by atoms with E-state index >= 15 is 0 Å². The van der Waals surface area contributed by atoms with Crippen molar-refractivity contribution in [1.29, 1.82) is 0 Å². The topological polar surface area (TPSA) is 29.5 Å². The van der Waals surface area contributed by atoms with Gasteiger partial charge in [-0.25, -0.2) is 0 Å². The summed E-state index contributed by atoms with van der Waals surface area (Å²) in [6.07, 6.45) is 0. The highest BCUT2D eigenvalue weighted by Crippen LogP contribution is 2.54. The van der Waals surface area contributed by atoms with Crippen LogP contribution in [0, 0.1) is 0 Å². The molecule has 0 fully saturated rings. The standard InChI is InChI=1S/C51H33NO2S/c1-51(2)38-20-9-6-16-32(38)33-27-26-31(28-39(33)51)52(41-22-12-19-35-34-17-8-11-25-45(34)55-50(35)41)40-21-13-24-43-47(40)37-29-44-48(36-18-7-10-23-42(36)53-44)46(49(37)54-43)30-14-4-3-5-15-30/h3-29H,1-2H3. The van der Waals surface area contributed by atoms with Crippen LogP contribution in [0.15, 0.2) is 173 Å². The molecule has 1 aliphatic carbocycles. The SMILES string of the molecule is CC1(C)c2ccccc2-c2ccc(N(c3cccc4c3sc3ccccc34)c3cccc4oc5c(-c6ccccc6)c6c(cc5c34)oc3ccccc36)cc21. The minimum absolute atomic E-state index is 0.150. The lowest BCUT2D eigenvalue weighted by Gasteiger charge is -2.29. The number of thiophene rings is 1. The first-order chi connectivity index (χ1) is 27.0. The van der Waals surface area contributed by atoms with Crippen molar-refractivity contribution in [3.05, 3.63) is 175 Å². The van der Waals surface area contributed by atoms with Gasteiger partial charge in [-0.2, -0.15) is 0 Å². The summed E-state index contributed by atoms with van der Waals surface area (Å²) < 4.78 is 16.2. The molecule has 3 heterocycles. The maximum absolute atomic E-state index is 7.05. The first-order valence-electron chi connectivity index (χ1n) is 18.8. The van der Waals surface area contributed by atoms with E-state index in [2.05, 4.69) is 176 Å². The van der Waals surface area contributed by atoms with Gasteiger partial charge in [-0.05, 0) is 76.3 Å². The Kier molecular flexibility index (Phi) is 6.27. The van der Waals surface area contributed by atoms with Crippen LogP contribution in [-0.4, -0.2) is 0 Å². The molecular formula is C51H33NO2S. The van der Waals surface area contributed by atoms with Crippen molar-refractivity contribution in [2.45, 2.75) is 19.3 Å². The second-order valence-electron chi connectivity index (χ2n) is 15.2. The highest BCUT2D eigenvalue weighted by atomic mass is 32.1. The minimum Gasteiger partial charge on any atom is -0.456 e. The number of rotatable bonds is 4. The molecule has 0 N–H and O–H groups in total. The van der Waals surface area contributed by atoms with E-state index in [-0.39, 0.29) is 5.41 Å². The van der Waals surface area contributed by atoms with Gasteiger partial charge in [0.25, 0.3) is 0 Å². The molecule has 0 amide bonds. The molecular weight excluding hydrogens is 691 g/mol. The molecule has 1 aliphatic rings. The maximum Gasteiger partial charge on any atom is 0.144 e. The van der Waals surface area contributed by atoms with Crippen LogP contribution in [0.1, 0.15) is 25.0 Å². The Morgan fingerprint density at radius 1 is 0.491 bits per heavy atom. The van der Waals surface area contributed by atoms with Crippen molar-refractivity contribution >= 4 is 92.4 Å². The van der Waals surface area contributed by atoms with E-state index in [9.17, 15) is 0 Å². The third kappa shape index (κ3) is 4.26. The Morgan fingerprint density at radius 3 is 2.11 bits per heavy atom. The lowest BCUT2D eigenvalue weighted by atomic mass is 9.82. The Labute approximate surface area is 321 Å². The van der Waals surface area contributed by atoms with Crippen LogP contribution in [0.2, 0.25) is 0 Å². The van der Waals surface area contributed by atoms with Crippen molar-refractivity contribution in [3.63, 3.8) is 0 Å². The third-order valence-corrected chi connectivity index (χ3v) is 13.1. The molecule has 12 rings (SSSR count). The molecule has 3 aromatic heterocycles. The van der Waals surface area contributed by atoms with Crippen LogP contribution in [0.5, 0.6) is 0 Å². The number of nitrogens with zero attached hydrogens (tertiary/aromatic N) is 1. The summed E-state index contributed by atoms with van der Waals surface area (Å²) in [6.45, 7) is 4.71. The van der Waals surface area contributed by atoms with Crippen LogP contribution < -0.4 is 4.90 Å². The van der Waals surface area contributed by atoms with Gasteiger partial charge in [0.1, 0.15) is 22.3 Å². The van der Waals surface area contributed by atoms with Crippen molar-refractivity contribution < 1.29 is 8.83 Å². The quantitative estimate of drug-likeness (QED) is 0.181. The number of furan rings is 2. The smallest absolute Gasteiger partial charge is 0.144 e. The Morgan fingerprint density at radius 2 is 1.20 bits per heavy atom. The molecule has 0 unspecified atom stereocenters. The van der Waals surface area contributed by atoms with E-state index in [0.717, 1.165) is 72.1 Å². The summed E-state index contributed by atoms with van der Waals surface area (Å²) in [7, 11) is 0. The molecule has 4 heteroatoms. The zero-order chi connectivity index (χ0) is 36.4. The second kappa shape index (κ2) is 11.2. The average molecular weight is 724 g/mol. The number of fused-ring (bicyclic) bond motifs is 12. The number of anilines is 3. The number of hydrogen-bond acceptors (Lipinski definition) is 4. The molecule has 0 aliphatic heterocycles. The van der Waals surface area contributed by atoms with Gasteiger partial charge in [-0.1, -0.05) is 129 Å². The van der Waals surface area contributed by atoms with Gasteiger partial charge in [0.15, 0.2) is 0 Å². The van der Waals surface area contributed by atoms with Crippen LogP contribution in [-0.2, 0) is 5.41 Å². The molecule has 0 saturated carbocycles. The predicted molar refractivity (Wildman–Crippen MR) is 232 cm³/mol. The summed E-state index contributed by atoms with van der Waals surface area (Å²) >= 11 is 1.86. The predicted octanol–water partition coefficient (Wildman–Crippen LogP) is 15.3. The van der Waals surface area contributed by atoms with E-state index in [1.807, 2.05) is 17.4 Å². The summed E-state index contributed by atoms with van der Waals surface area (Å²) in [5.74, 6) is 0. The van der Waals surface area contributed by atoms with E-state index < -0.39 is 0 Å². The summed E-state index contributed by atoms with van der Waals surface area (Å²) in [5.41, 5.74) is 14.0. The summed E-state index contributed by atoms with van der Waals surface area (Å²) in [5, 5.41) is 6.77. The van der Waals surface area contributed by atoms with Gasteiger partial charge >= 0.3 is 0 Å². The lowest BCUT2D eigenvalue weighted by Crippen LogP contribution is -2.16. The zero-order valence-electron chi connectivity index (χ0n) is 30.3. The van der Waals surface area contributed by atoms with Crippen LogP contribution in [0.3, 0.4) is 0 Å². The molecule has 0 radical (unpaired) electrons. The third-order valence-electron chi connectivity index (χ3n) is 11.9. The van der Waals surface area contributed by atoms with Crippen molar-refractivity contribution in [3.8, 4) is 22.3 Å². The van der Waals surface area contributed by atoms with Crippen molar-refractivity contribution in [2.75, 3.05) is 4.90 Å². The highest BCUT2D eigenvalue weighted by Gasteiger charge is 2.36. The van der Waals surface area contributed by atoms with Gasteiger partial charge in [-0.15, -0.1) is 11.3 Å². The number of benzene rings is 8. The van der Waals surface area contributed by atoms with Gasteiger partial charge < -0.3 is 13.7 Å². The summed E-state index contributed by atoms with van der Waals surface area (Å²) in [6, 6.07) is 59.0. The first-order valence-corrected chi connectivity index (χ1v) is 19.7. The Bertz CT molecular complexity index is 3360. The Balaban J connectivity index is 1.20. The molecule has 11 aromatic rings. The molecule has 3 nitrogen and oxygen atoms in total. The van der Waals surface area contributed by atoms with Gasteiger partial charge in [-0.3, -0.25) is 0 Å². The largest absolute Gasteiger partial charge is 0.456 e. The van der Waals surface area contributed by atoms with Gasteiger partial charge in [0, 0.05) is 48.3 Å². The molecule has 0 saturated heterocycles. The zero-order valence-corrected chi connectivity index (χ0v) is 31.1. The molecule has 0 spiro atoms. The lowest BCUT2D eigenvalue weighted by molar-refractivity contribution is 0.660. The van der Waals surface area contributed by atoms with E-state index in [0.29, 0.717) is 0 Å². The van der Waals surface area contributed by atoms with Gasteiger partial charge in [0.2, 0.25) is 0 Å². The monoisotopic (exact) mass is 723 g/mol. The van der Waals surface area contributed by atoms with Crippen LogP contribution in [0.4, 0.5) is 17.1 Å². The van der Waals surface area contributed by atoms with E-state index in [1.54, 1.807) is 0 Å². The molecule has 0 atom stereocenters. The Hall–Kier alpha value is -6.62. The minimum atomic E-state index is -0.150. The fourth-order valence-corrected chi connectivity index (χ4v) is 10.6. The molecule has 55 heavy (non-hydrogen) atoms. The molecule has 260 valence electrons. The molecule has 0 bridgehead atoms. The fourth-order valence-electron chi connectivity index (χ4n) is 9.36.